The molecule has 106 valence electrons. The number of nitrogens with one attached hydrogen (secondary N) is 2. The summed E-state index contributed by atoms with van der Waals surface area (Å²) in [5, 5.41) is 19.4. The van der Waals surface area contributed by atoms with Crippen LogP contribution in [0.1, 0.15) is 5.56 Å². The topological polar surface area (TPSA) is 60.9 Å². The molecule has 3 rings (SSSR count). The Bertz CT molecular complexity index is 704. The van der Waals surface area contributed by atoms with Gasteiger partial charge < -0.3 is 10.4 Å². The van der Waals surface area contributed by atoms with Gasteiger partial charge in [-0.1, -0.05) is 12.1 Å². The smallest absolute Gasteiger partial charge is 0.127 e. The molecular weight excluding hydrogens is 269 g/mol. The standard InChI is InChI=1S/C16H14FN3O/c17-13-7-11(8-15(21)9-13)10-18-14-3-1-12(2-4-14)16-5-6-19-20-16/h1-9,18,21H,10H2,(H,19,20). The second-order valence-electron chi connectivity index (χ2n) is 4.72. The summed E-state index contributed by atoms with van der Waals surface area (Å²) in [5.41, 5.74) is 3.60. The van der Waals surface area contributed by atoms with Crippen LogP contribution >= 0.6 is 0 Å². The van der Waals surface area contributed by atoms with Crippen molar-refractivity contribution in [2.75, 3.05) is 5.32 Å². The molecular formula is C16H14FN3O. The first-order valence-corrected chi connectivity index (χ1v) is 6.53. The number of hydrogen-bond donors (Lipinski definition) is 3. The van der Waals surface area contributed by atoms with E-state index in [4.69, 9.17) is 0 Å². The number of phenolic OH excluding ortho intramolecular Hbond substituents is 1. The van der Waals surface area contributed by atoms with E-state index in [1.54, 1.807) is 6.20 Å². The maximum atomic E-state index is 13.2. The SMILES string of the molecule is Oc1cc(F)cc(CNc2ccc(-c3ccn[nH]3)cc2)c1. The molecule has 0 spiro atoms. The first-order chi connectivity index (χ1) is 10.2. The summed E-state index contributed by atoms with van der Waals surface area (Å²) in [6.45, 7) is 0.439. The van der Waals surface area contributed by atoms with Gasteiger partial charge in [0.1, 0.15) is 11.6 Å². The largest absolute Gasteiger partial charge is 0.508 e. The quantitative estimate of drug-likeness (QED) is 0.686. The second-order valence-corrected chi connectivity index (χ2v) is 4.72. The Hall–Kier alpha value is -2.82. The van der Waals surface area contributed by atoms with Crippen LogP contribution in [0.25, 0.3) is 11.3 Å². The average Bonchev–Trinajstić information content (AvgIpc) is 2.99. The average molecular weight is 283 g/mol. The van der Waals surface area contributed by atoms with E-state index in [0.29, 0.717) is 12.1 Å². The molecule has 1 heterocycles. The molecule has 3 aromatic rings. The summed E-state index contributed by atoms with van der Waals surface area (Å²) in [5.74, 6) is -0.511. The Labute approximate surface area is 121 Å². The second kappa shape index (κ2) is 5.66. The van der Waals surface area contributed by atoms with E-state index in [1.165, 1.54) is 12.1 Å². The van der Waals surface area contributed by atoms with E-state index in [0.717, 1.165) is 23.0 Å². The van der Waals surface area contributed by atoms with Crippen LogP contribution in [-0.2, 0) is 6.54 Å². The molecule has 0 aliphatic rings. The lowest BCUT2D eigenvalue weighted by molar-refractivity contribution is 0.468. The van der Waals surface area contributed by atoms with E-state index >= 15 is 0 Å². The van der Waals surface area contributed by atoms with Crippen molar-refractivity contribution in [3.05, 3.63) is 66.1 Å². The number of anilines is 1. The first-order valence-electron chi connectivity index (χ1n) is 6.53. The molecule has 3 N–H and O–H groups in total. The Morgan fingerprint density at radius 1 is 1.10 bits per heavy atom. The minimum atomic E-state index is -0.443. The fraction of sp³-hybridized carbons (Fsp3) is 0.0625. The van der Waals surface area contributed by atoms with Crippen molar-refractivity contribution >= 4 is 5.69 Å². The molecule has 0 bridgehead atoms. The molecule has 0 saturated heterocycles. The van der Waals surface area contributed by atoms with Crippen LogP contribution in [-0.4, -0.2) is 15.3 Å². The molecule has 0 aliphatic heterocycles. The number of aromatic hydroxyl groups is 1. The zero-order valence-corrected chi connectivity index (χ0v) is 11.2. The summed E-state index contributed by atoms with van der Waals surface area (Å²) in [7, 11) is 0. The number of rotatable bonds is 4. The number of H-pyrrole nitrogens is 1. The van der Waals surface area contributed by atoms with Crippen LogP contribution in [0.5, 0.6) is 5.75 Å². The van der Waals surface area contributed by atoms with Gasteiger partial charge in [0.2, 0.25) is 0 Å². The third-order valence-electron chi connectivity index (χ3n) is 3.14. The summed E-state index contributed by atoms with van der Waals surface area (Å²) in [6.07, 6.45) is 1.71. The molecule has 0 saturated carbocycles. The molecule has 21 heavy (non-hydrogen) atoms. The van der Waals surface area contributed by atoms with Crippen LogP contribution in [0.3, 0.4) is 0 Å². The highest BCUT2D eigenvalue weighted by Crippen LogP contribution is 2.20. The predicted octanol–water partition coefficient (Wildman–Crippen LogP) is 3.53. The molecule has 0 radical (unpaired) electrons. The zero-order chi connectivity index (χ0) is 14.7. The Kier molecular flexibility index (Phi) is 3.55. The number of aromatic amines is 1. The van der Waals surface area contributed by atoms with Crippen LogP contribution in [0.2, 0.25) is 0 Å². The molecule has 2 aromatic carbocycles. The van der Waals surface area contributed by atoms with E-state index in [1.807, 2.05) is 30.3 Å². The highest BCUT2D eigenvalue weighted by atomic mass is 19.1. The fourth-order valence-corrected chi connectivity index (χ4v) is 2.12. The van der Waals surface area contributed by atoms with Gasteiger partial charge >= 0.3 is 0 Å². The van der Waals surface area contributed by atoms with Gasteiger partial charge in [-0.15, -0.1) is 0 Å². The summed E-state index contributed by atoms with van der Waals surface area (Å²) in [6, 6.07) is 13.7. The van der Waals surface area contributed by atoms with Gasteiger partial charge in [0.05, 0.1) is 5.69 Å². The lowest BCUT2D eigenvalue weighted by Crippen LogP contribution is -1.99. The van der Waals surface area contributed by atoms with Crippen molar-refractivity contribution in [3.63, 3.8) is 0 Å². The van der Waals surface area contributed by atoms with Crippen LogP contribution in [0, 0.1) is 5.82 Å². The van der Waals surface area contributed by atoms with Crippen molar-refractivity contribution in [2.45, 2.75) is 6.54 Å². The highest BCUT2D eigenvalue weighted by molar-refractivity contribution is 5.62. The number of hydrogen-bond acceptors (Lipinski definition) is 3. The molecule has 4 nitrogen and oxygen atoms in total. The minimum Gasteiger partial charge on any atom is -0.508 e. The van der Waals surface area contributed by atoms with Crippen molar-refractivity contribution in [2.24, 2.45) is 0 Å². The van der Waals surface area contributed by atoms with E-state index in [2.05, 4.69) is 15.5 Å². The normalized spacial score (nSPS) is 10.5. The van der Waals surface area contributed by atoms with Gasteiger partial charge in [-0.05, 0) is 41.5 Å². The third kappa shape index (κ3) is 3.20. The summed E-state index contributed by atoms with van der Waals surface area (Å²) >= 11 is 0. The number of aromatic nitrogens is 2. The molecule has 0 atom stereocenters. The third-order valence-corrected chi connectivity index (χ3v) is 3.14. The number of benzene rings is 2. The van der Waals surface area contributed by atoms with E-state index in [9.17, 15) is 9.50 Å². The van der Waals surface area contributed by atoms with Gasteiger partial charge in [0.25, 0.3) is 0 Å². The molecule has 1 aromatic heterocycles. The molecule has 0 amide bonds. The monoisotopic (exact) mass is 283 g/mol. The van der Waals surface area contributed by atoms with E-state index in [-0.39, 0.29) is 5.75 Å². The molecule has 0 fully saturated rings. The molecule has 5 heteroatoms. The van der Waals surface area contributed by atoms with Crippen molar-refractivity contribution in [1.29, 1.82) is 0 Å². The van der Waals surface area contributed by atoms with Crippen molar-refractivity contribution in [3.8, 4) is 17.0 Å². The number of phenols is 1. The lowest BCUT2D eigenvalue weighted by atomic mass is 10.1. The Morgan fingerprint density at radius 3 is 2.57 bits per heavy atom. The highest BCUT2D eigenvalue weighted by Gasteiger charge is 2.01. The Balaban J connectivity index is 1.68. The Morgan fingerprint density at radius 2 is 1.90 bits per heavy atom. The van der Waals surface area contributed by atoms with Gasteiger partial charge in [-0.3, -0.25) is 5.10 Å². The summed E-state index contributed by atoms with van der Waals surface area (Å²) in [4.78, 5) is 0. The predicted molar refractivity (Wildman–Crippen MR) is 79.4 cm³/mol. The van der Waals surface area contributed by atoms with Crippen LogP contribution in [0.15, 0.2) is 54.7 Å². The van der Waals surface area contributed by atoms with E-state index < -0.39 is 5.82 Å². The maximum Gasteiger partial charge on any atom is 0.127 e. The number of nitrogens with zero attached hydrogens (tertiary/aromatic N) is 1. The maximum absolute atomic E-state index is 13.2. The lowest BCUT2D eigenvalue weighted by Gasteiger charge is -2.08. The number of halogens is 1. The molecule has 0 aliphatic carbocycles. The van der Waals surface area contributed by atoms with Crippen LogP contribution in [0.4, 0.5) is 10.1 Å². The van der Waals surface area contributed by atoms with Crippen molar-refractivity contribution < 1.29 is 9.50 Å². The first kappa shape index (κ1) is 13.2. The van der Waals surface area contributed by atoms with Crippen molar-refractivity contribution in [1.82, 2.24) is 10.2 Å². The van der Waals surface area contributed by atoms with Gasteiger partial charge in [-0.25, -0.2) is 4.39 Å². The fourth-order valence-electron chi connectivity index (χ4n) is 2.12. The summed E-state index contributed by atoms with van der Waals surface area (Å²) < 4.78 is 13.2. The molecule has 0 unspecified atom stereocenters. The van der Waals surface area contributed by atoms with Crippen LogP contribution < -0.4 is 5.32 Å². The van der Waals surface area contributed by atoms with Gasteiger partial charge in [0, 0.05) is 24.5 Å². The minimum absolute atomic E-state index is 0.0682. The van der Waals surface area contributed by atoms with Gasteiger partial charge in [-0.2, -0.15) is 5.10 Å². The zero-order valence-electron chi connectivity index (χ0n) is 11.2. The van der Waals surface area contributed by atoms with Gasteiger partial charge in [0.15, 0.2) is 0 Å².